The Morgan fingerprint density at radius 1 is 1.31 bits per heavy atom. The minimum atomic E-state index is -0.287. The smallest absolute Gasteiger partial charge is 0.141 e. The summed E-state index contributed by atoms with van der Waals surface area (Å²) in [4.78, 5) is 3.97. The topological polar surface area (TPSA) is 37.0 Å². The van der Waals surface area contributed by atoms with Crippen LogP contribution in [-0.2, 0) is 6.54 Å². The van der Waals surface area contributed by atoms with Gasteiger partial charge in [0.25, 0.3) is 0 Å². The molecule has 1 rings (SSSR count). The van der Waals surface area contributed by atoms with Gasteiger partial charge in [-0.2, -0.15) is 0 Å². The largest absolute Gasteiger partial charge is 0.314 e. The molecule has 0 bridgehead atoms. The van der Waals surface area contributed by atoms with Crippen LogP contribution in [0.15, 0.2) is 18.3 Å². The van der Waals surface area contributed by atoms with Gasteiger partial charge in [0.1, 0.15) is 5.82 Å². The van der Waals surface area contributed by atoms with Gasteiger partial charge < -0.3 is 10.6 Å². The maximum absolute atomic E-state index is 12.6. The van der Waals surface area contributed by atoms with Crippen molar-refractivity contribution in [2.75, 3.05) is 13.1 Å². The monoisotopic (exact) mass is 225 g/mol. The highest BCUT2D eigenvalue weighted by Gasteiger charge is 1.95. The minimum absolute atomic E-state index is 0.287. The summed E-state index contributed by atoms with van der Waals surface area (Å²) in [6, 6.07) is 3.68. The number of pyridine rings is 1. The Hall–Kier alpha value is -1.00. The SMILES string of the molecule is CC(C)NCCCNCc1ccc(F)cn1. The predicted molar refractivity (Wildman–Crippen MR) is 63.7 cm³/mol. The van der Waals surface area contributed by atoms with Crippen LogP contribution in [0.25, 0.3) is 0 Å². The van der Waals surface area contributed by atoms with Gasteiger partial charge in [0.2, 0.25) is 0 Å². The molecule has 0 aromatic carbocycles. The fraction of sp³-hybridized carbons (Fsp3) is 0.583. The number of halogens is 1. The van der Waals surface area contributed by atoms with E-state index in [1.807, 2.05) is 0 Å². The Balaban J connectivity index is 2.05. The van der Waals surface area contributed by atoms with Crippen molar-refractivity contribution >= 4 is 0 Å². The first-order valence-corrected chi connectivity index (χ1v) is 5.73. The third-order valence-electron chi connectivity index (χ3n) is 2.18. The molecule has 0 aliphatic rings. The number of nitrogens with one attached hydrogen (secondary N) is 2. The molecule has 1 aromatic rings. The maximum Gasteiger partial charge on any atom is 0.141 e. The number of rotatable bonds is 7. The molecular formula is C12H20FN3. The van der Waals surface area contributed by atoms with Crippen molar-refractivity contribution in [3.8, 4) is 0 Å². The van der Waals surface area contributed by atoms with Crippen LogP contribution < -0.4 is 10.6 Å². The number of hydrogen-bond acceptors (Lipinski definition) is 3. The lowest BCUT2D eigenvalue weighted by molar-refractivity contribution is 0.545. The van der Waals surface area contributed by atoms with Crippen molar-refractivity contribution < 1.29 is 4.39 Å². The summed E-state index contributed by atoms with van der Waals surface area (Å²) in [5.74, 6) is -0.287. The first-order chi connectivity index (χ1) is 7.68. The van der Waals surface area contributed by atoms with Gasteiger partial charge in [-0.05, 0) is 31.6 Å². The van der Waals surface area contributed by atoms with E-state index in [1.54, 1.807) is 6.07 Å². The molecule has 4 heteroatoms. The summed E-state index contributed by atoms with van der Waals surface area (Å²) in [5.41, 5.74) is 0.873. The molecule has 2 N–H and O–H groups in total. The van der Waals surface area contributed by atoms with E-state index < -0.39 is 0 Å². The van der Waals surface area contributed by atoms with Crippen LogP contribution in [0.5, 0.6) is 0 Å². The van der Waals surface area contributed by atoms with E-state index >= 15 is 0 Å². The highest BCUT2D eigenvalue weighted by Crippen LogP contribution is 1.97. The molecule has 0 spiro atoms. The van der Waals surface area contributed by atoms with Crippen LogP contribution in [0.3, 0.4) is 0 Å². The van der Waals surface area contributed by atoms with Gasteiger partial charge in [-0.15, -0.1) is 0 Å². The predicted octanol–water partition coefficient (Wildman–Crippen LogP) is 1.70. The lowest BCUT2D eigenvalue weighted by Crippen LogP contribution is -2.26. The molecule has 90 valence electrons. The summed E-state index contributed by atoms with van der Waals surface area (Å²) in [5, 5.41) is 6.62. The molecule has 1 heterocycles. The van der Waals surface area contributed by atoms with Crippen LogP contribution in [0.2, 0.25) is 0 Å². The van der Waals surface area contributed by atoms with Crippen LogP contribution in [0.4, 0.5) is 4.39 Å². The summed E-state index contributed by atoms with van der Waals surface area (Å²) in [7, 11) is 0. The Morgan fingerprint density at radius 3 is 2.75 bits per heavy atom. The van der Waals surface area contributed by atoms with Gasteiger partial charge in [-0.1, -0.05) is 13.8 Å². The lowest BCUT2D eigenvalue weighted by atomic mass is 10.3. The maximum atomic E-state index is 12.6. The van der Waals surface area contributed by atoms with Gasteiger partial charge in [-0.3, -0.25) is 4.98 Å². The Bertz CT molecular complexity index is 285. The van der Waals surface area contributed by atoms with Gasteiger partial charge in [0, 0.05) is 12.6 Å². The summed E-state index contributed by atoms with van der Waals surface area (Å²) >= 11 is 0. The van der Waals surface area contributed by atoms with Crippen molar-refractivity contribution in [3.05, 3.63) is 29.8 Å². The zero-order valence-corrected chi connectivity index (χ0v) is 9.96. The second-order valence-electron chi connectivity index (χ2n) is 4.11. The third kappa shape index (κ3) is 5.78. The fourth-order valence-corrected chi connectivity index (χ4v) is 1.33. The molecule has 0 unspecified atom stereocenters. The van der Waals surface area contributed by atoms with Crippen molar-refractivity contribution in [2.45, 2.75) is 32.9 Å². The van der Waals surface area contributed by atoms with Crippen molar-refractivity contribution in [3.63, 3.8) is 0 Å². The first kappa shape index (κ1) is 13.1. The highest BCUT2D eigenvalue weighted by atomic mass is 19.1. The summed E-state index contributed by atoms with van der Waals surface area (Å²) in [6.45, 7) is 6.92. The molecule has 0 radical (unpaired) electrons. The molecule has 16 heavy (non-hydrogen) atoms. The molecule has 0 fully saturated rings. The molecule has 0 atom stereocenters. The van der Waals surface area contributed by atoms with E-state index in [2.05, 4.69) is 29.5 Å². The number of hydrogen-bond donors (Lipinski definition) is 2. The molecule has 0 saturated heterocycles. The van der Waals surface area contributed by atoms with Crippen molar-refractivity contribution in [1.82, 2.24) is 15.6 Å². The average molecular weight is 225 g/mol. The standard InChI is InChI=1S/C12H20FN3/c1-10(2)15-7-3-6-14-9-12-5-4-11(13)8-16-12/h4-5,8,10,14-15H,3,6-7,9H2,1-2H3. The van der Waals surface area contributed by atoms with E-state index in [0.717, 1.165) is 25.2 Å². The highest BCUT2D eigenvalue weighted by molar-refractivity contribution is 5.04. The molecular weight excluding hydrogens is 205 g/mol. The molecule has 0 aliphatic carbocycles. The van der Waals surface area contributed by atoms with E-state index in [4.69, 9.17) is 0 Å². The van der Waals surface area contributed by atoms with E-state index in [9.17, 15) is 4.39 Å². The second kappa shape index (κ2) is 7.30. The first-order valence-electron chi connectivity index (χ1n) is 5.73. The summed E-state index contributed by atoms with van der Waals surface area (Å²) in [6.07, 6.45) is 2.33. The van der Waals surface area contributed by atoms with E-state index in [-0.39, 0.29) is 5.82 Å². The molecule has 0 saturated carbocycles. The molecule has 0 amide bonds. The number of nitrogens with zero attached hydrogens (tertiary/aromatic N) is 1. The quantitative estimate of drug-likeness (QED) is 0.693. The Morgan fingerprint density at radius 2 is 2.12 bits per heavy atom. The van der Waals surface area contributed by atoms with Crippen LogP contribution in [-0.4, -0.2) is 24.1 Å². The zero-order valence-electron chi connectivity index (χ0n) is 9.96. The summed E-state index contributed by atoms with van der Waals surface area (Å²) < 4.78 is 12.6. The van der Waals surface area contributed by atoms with Crippen LogP contribution in [0, 0.1) is 5.82 Å². The Labute approximate surface area is 96.5 Å². The average Bonchev–Trinajstić information content (AvgIpc) is 2.25. The van der Waals surface area contributed by atoms with Crippen LogP contribution >= 0.6 is 0 Å². The van der Waals surface area contributed by atoms with Gasteiger partial charge in [-0.25, -0.2) is 4.39 Å². The molecule has 3 nitrogen and oxygen atoms in total. The molecule has 1 aromatic heterocycles. The Kier molecular flexibility index (Phi) is 5.96. The number of aromatic nitrogens is 1. The minimum Gasteiger partial charge on any atom is -0.314 e. The van der Waals surface area contributed by atoms with Crippen LogP contribution in [0.1, 0.15) is 26.0 Å². The van der Waals surface area contributed by atoms with Crippen molar-refractivity contribution in [1.29, 1.82) is 0 Å². The normalized spacial score (nSPS) is 11.0. The van der Waals surface area contributed by atoms with Gasteiger partial charge >= 0.3 is 0 Å². The molecule has 0 aliphatic heterocycles. The second-order valence-corrected chi connectivity index (χ2v) is 4.11. The van der Waals surface area contributed by atoms with E-state index in [1.165, 1.54) is 12.3 Å². The van der Waals surface area contributed by atoms with Gasteiger partial charge in [0.15, 0.2) is 0 Å². The van der Waals surface area contributed by atoms with Crippen molar-refractivity contribution in [2.24, 2.45) is 0 Å². The fourth-order valence-electron chi connectivity index (χ4n) is 1.33. The lowest BCUT2D eigenvalue weighted by Gasteiger charge is -2.08. The van der Waals surface area contributed by atoms with E-state index in [0.29, 0.717) is 12.6 Å². The zero-order chi connectivity index (χ0) is 11.8. The van der Waals surface area contributed by atoms with Gasteiger partial charge in [0.05, 0.1) is 11.9 Å². The third-order valence-corrected chi connectivity index (χ3v) is 2.18.